The summed E-state index contributed by atoms with van der Waals surface area (Å²) in [5, 5.41) is -0.462. The zero-order valence-corrected chi connectivity index (χ0v) is 11.9. The maximum absolute atomic E-state index is 8.70. The summed E-state index contributed by atoms with van der Waals surface area (Å²) >= 11 is 0. The van der Waals surface area contributed by atoms with E-state index in [1.54, 1.807) is 24.3 Å². The van der Waals surface area contributed by atoms with Gasteiger partial charge in [0.15, 0.2) is 0 Å². The van der Waals surface area contributed by atoms with E-state index >= 15 is 0 Å². The Hall–Kier alpha value is -3.06. The summed E-state index contributed by atoms with van der Waals surface area (Å²) in [5.74, 6) is 0. The highest BCUT2D eigenvalue weighted by molar-refractivity contribution is 5.90. The summed E-state index contributed by atoms with van der Waals surface area (Å²) in [6, 6.07) is 0.168. The molecular weight excluding hydrogens is 278 g/mol. The van der Waals surface area contributed by atoms with Crippen molar-refractivity contribution in [2.75, 3.05) is 5.73 Å². The lowest BCUT2D eigenvalue weighted by Gasteiger charge is -2.07. The monoisotopic (exact) mass is 306 g/mol. The van der Waals surface area contributed by atoms with Crippen LogP contribution in [0.15, 0.2) is 90.7 Å². The second kappa shape index (κ2) is 5.62. The van der Waals surface area contributed by atoms with Crippen molar-refractivity contribution in [2.45, 2.75) is 0 Å². The van der Waals surface area contributed by atoms with Gasteiger partial charge in [0.1, 0.15) is 0 Å². The minimum absolute atomic E-state index is 0.0420. The Balaban J connectivity index is 2.19. The second-order valence-corrected chi connectivity index (χ2v) is 4.87. The molecule has 0 saturated heterocycles. The average molecular weight is 306 g/mol. The van der Waals surface area contributed by atoms with Crippen LogP contribution in [0.2, 0.25) is 0 Å². The smallest absolute Gasteiger partial charge is 0.0636 e. The van der Waals surface area contributed by atoms with E-state index in [2.05, 4.69) is 0 Å². The molecule has 0 bridgehead atoms. The van der Waals surface area contributed by atoms with E-state index in [-0.39, 0.29) is 28.4 Å². The highest BCUT2D eigenvalue weighted by Crippen LogP contribution is 2.28. The van der Waals surface area contributed by atoms with Gasteiger partial charge < -0.3 is 5.73 Å². The quantitative estimate of drug-likeness (QED) is 0.468. The van der Waals surface area contributed by atoms with Crippen LogP contribution >= 0.6 is 0 Å². The fraction of sp³-hybridized carbons (Fsp3) is 0. The summed E-state index contributed by atoms with van der Waals surface area (Å²) in [6.45, 7) is 0. The van der Waals surface area contributed by atoms with Crippen molar-refractivity contribution in [3.8, 4) is 22.3 Å². The van der Waals surface area contributed by atoms with Gasteiger partial charge in [-0.15, -0.1) is 0 Å². The molecular formula is C22H17N. The molecule has 23 heavy (non-hydrogen) atoms. The molecule has 0 aliphatic heterocycles. The number of anilines is 1. The van der Waals surface area contributed by atoms with Gasteiger partial charge in [0.25, 0.3) is 0 Å². The number of nitrogens with two attached hydrogens (primary N) is 1. The lowest BCUT2D eigenvalue weighted by atomic mass is 9.98. The second-order valence-electron chi connectivity index (χ2n) is 4.87. The fourth-order valence-corrected chi connectivity index (χ4v) is 2.17. The molecule has 0 fully saturated rings. The van der Waals surface area contributed by atoms with Crippen LogP contribution in [0.1, 0.15) is 15.1 Å². The standard InChI is InChI=1S/C22H17N/c23-22-12-10-17(11-13-22)19-7-9-20-14-18(6-8-21(20)15-19)16-4-2-1-3-5-16/h1-15H,23H2/i1D,2D,3D,4D,5D,6D,7D,8D,9D,14D,15D. The zero-order chi connectivity index (χ0) is 25.2. The number of benzene rings is 4. The van der Waals surface area contributed by atoms with Crippen molar-refractivity contribution in [1.82, 2.24) is 0 Å². The van der Waals surface area contributed by atoms with Crippen LogP contribution in [0, 0.1) is 0 Å². The summed E-state index contributed by atoms with van der Waals surface area (Å²) in [6.07, 6.45) is 0. The molecule has 0 radical (unpaired) electrons. The molecule has 0 aromatic heterocycles. The molecule has 4 rings (SSSR count). The molecule has 0 heterocycles. The van der Waals surface area contributed by atoms with Crippen LogP contribution in [0.4, 0.5) is 5.69 Å². The molecule has 4 aromatic rings. The van der Waals surface area contributed by atoms with E-state index in [9.17, 15) is 0 Å². The van der Waals surface area contributed by atoms with Gasteiger partial charge in [0, 0.05) is 5.69 Å². The van der Waals surface area contributed by atoms with Gasteiger partial charge in [-0.2, -0.15) is 0 Å². The first kappa shape index (κ1) is 6.21. The largest absolute Gasteiger partial charge is 0.399 e. The summed E-state index contributed by atoms with van der Waals surface area (Å²) in [4.78, 5) is 0. The van der Waals surface area contributed by atoms with Crippen LogP contribution in [0.5, 0.6) is 0 Å². The Labute approximate surface area is 151 Å². The van der Waals surface area contributed by atoms with Crippen molar-refractivity contribution < 1.29 is 15.1 Å². The van der Waals surface area contributed by atoms with Gasteiger partial charge in [-0.1, -0.05) is 66.5 Å². The first-order valence-electron chi connectivity index (χ1n) is 12.4. The molecule has 1 nitrogen and oxygen atoms in total. The predicted molar refractivity (Wildman–Crippen MR) is 99.2 cm³/mol. The highest BCUT2D eigenvalue weighted by atomic mass is 14.5. The first-order valence-corrected chi connectivity index (χ1v) is 6.86. The van der Waals surface area contributed by atoms with Gasteiger partial charge >= 0.3 is 0 Å². The van der Waals surface area contributed by atoms with E-state index in [4.69, 9.17) is 20.8 Å². The third-order valence-electron chi connectivity index (χ3n) is 3.32. The molecule has 0 amide bonds. The Morgan fingerprint density at radius 2 is 1.13 bits per heavy atom. The van der Waals surface area contributed by atoms with Crippen molar-refractivity contribution in [3.05, 3.63) is 90.7 Å². The molecule has 0 atom stereocenters. The van der Waals surface area contributed by atoms with Crippen molar-refractivity contribution in [3.63, 3.8) is 0 Å². The van der Waals surface area contributed by atoms with Gasteiger partial charge in [-0.3, -0.25) is 0 Å². The minimum atomic E-state index is -0.659. The Kier molecular flexibility index (Phi) is 1.52. The molecule has 0 unspecified atom stereocenters. The van der Waals surface area contributed by atoms with Gasteiger partial charge in [-0.05, 0) is 57.2 Å². The van der Waals surface area contributed by atoms with E-state index in [0.717, 1.165) is 0 Å². The topological polar surface area (TPSA) is 26.0 Å². The SMILES string of the molecule is [2H]c1c([2H])c([2H])c(-c2c([2H])c([2H])c3c([2H])c(-c4ccc(N)cc4)c([2H])c([2H])c3c2[2H])c([2H])c1[2H]. The predicted octanol–water partition coefficient (Wildman–Crippen LogP) is 5.76. The normalized spacial score (nSPS) is 17.5. The molecule has 0 saturated carbocycles. The lowest BCUT2D eigenvalue weighted by Crippen LogP contribution is -1.84. The maximum Gasteiger partial charge on any atom is 0.0636 e. The third-order valence-corrected chi connectivity index (χ3v) is 3.32. The van der Waals surface area contributed by atoms with Crippen LogP contribution in [0.25, 0.3) is 33.0 Å². The van der Waals surface area contributed by atoms with Crippen LogP contribution in [0.3, 0.4) is 0 Å². The molecule has 4 aromatic carbocycles. The number of hydrogen-bond acceptors (Lipinski definition) is 1. The molecule has 110 valence electrons. The van der Waals surface area contributed by atoms with Crippen molar-refractivity contribution in [2.24, 2.45) is 0 Å². The Bertz CT molecular complexity index is 1480. The van der Waals surface area contributed by atoms with E-state index < -0.39 is 65.5 Å². The number of rotatable bonds is 2. The van der Waals surface area contributed by atoms with Crippen LogP contribution in [-0.2, 0) is 0 Å². The molecule has 2 N–H and O–H groups in total. The third kappa shape index (κ3) is 2.69. The summed E-state index contributed by atoms with van der Waals surface area (Å²) < 4.78 is 91.5. The van der Waals surface area contributed by atoms with Gasteiger partial charge in [0.05, 0.1) is 15.1 Å². The lowest BCUT2D eigenvalue weighted by molar-refractivity contribution is 1.62. The van der Waals surface area contributed by atoms with Crippen molar-refractivity contribution >= 4 is 16.5 Å². The number of hydrogen-bond donors (Lipinski definition) is 1. The van der Waals surface area contributed by atoms with E-state index in [1.807, 2.05) is 0 Å². The molecule has 0 aliphatic rings. The fourth-order valence-electron chi connectivity index (χ4n) is 2.17. The first-order chi connectivity index (χ1) is 15.9. The van der Waals surface area contributed by atoms with E-state index in [0.29, 0.717) is 11.3 Å². The molecule has 0 spiro atoms. The van der Waals surface area contributed by atoms with Gasteiger partial charge in [-0.25, -0.2) is 0 Å². The van der Waals surface area contributed by atoms with E-state index in [1.165, 1.54) is 0 Å². The summed E-state index contributed by atoms with van der Waals surface area (Å²) in [5.41, 5.74) is 5.77. The number of nitrogen functional groups attached to an aromatic ring is 1. The molecule has 0 aliphatic carbocycles. The maximum atomic E-state index is 8.70. The van der Waals surface area contributed by atoms with Gasteiger partial charge in [0.2, 0.25) is 0 Å². The highest BCUT2D eigenvalue weighted by Gasteiger charge is 2.02. The van der Waals surface area contributed by atoms with Crippen LogP contribution < -0.4 is 5.73 Å². The Morgan fingerprint density at radius 1 is 0.565 bits per heavy atom. The minimum Gasteiger partial charge on any atom is -0.399 e. The van der Waals surface area contributed by atoms with Crippen molar-refractivity contribution in [1.29, 1.82) is 0 Å². The number of fused-ring (bicyclic) bond motifs is 1. The average Bonchev–Trinajstić information content (AvgIpc) is 2.80. The Morgan fingerprint density at radius 3 is 1.74 bits per heavy atom. The summed E-state index contributed by atoms with van der Waals surface area (Å²) in [7, 11) is 0. The molecule has 1 heteroatoms. The van der Waals surface area contributed by atoms with Crippen LogP contribution in [-0.4, -0.2) is 0 Å². The zero-order valence-electron chi connectivity index (χ0n) is 22.9.